The highest BCUT2D eigenvalue weighted by Gasteiger charge is 2.23. The molecule has 0 rings (SSSR count). The van der Waals surface area contributed by atoms with Crippen molar-refractivity contribution >= 4 is 12.1 Å². The quantitative estimate of drug-likeness (QED) is 0.518. The topological polar surface area (TPSA) is 98.9 Å². The molecule has 0 amide bonds. The minimum Gasteiger partial charge on any atom is -0.428 e. The molecule has 0 spiro atoms. The number of carbonyl (C=O) groups excluding carboxylic acids is 2. The van der Waals surface area contributed by atoms with Gasteiger partial charge in [-0.15, -0.1) is 0 Å². The van der Waals surface area contributed by atoms with E-state index in [1.807, 2.05) is 0 Å². The first kappa shape index (κ1) is 13.9. The Hall–Kier alpha value is -1.14. The van der Waals surface area contributed by atoms with Crippen LogP contribution in [0.5, 0.6) is 0 Å². The van der Waals surface area contributed by atoms with E-state index in [0.29, 0.717) is 0 Å². The second kappa shape index (κ2) is 5.67. The Bertz CT molecular complexity index is 233. The molecule has 0 aromatic heterocycles. The summed E-state index contributed by atoms with van der Waals surface area (Å²) < 4.78 is 9.04. The predicted octanol–water partition coefficient (Wildman–Crippen LogP) is 0.174. The predicted molar refractivity (Wildman–Crippen MR) is 52.0 cm³/mol. The molecule has 0 aliphatic carbocycles. The van der Waals surface area contributed by atoms with E-state index in [9.17, 15) is 9.59 Å². The van der Waals surface area contributed by atoms with Crippen LogP contribution in [-0.4, -0.2) is 35.5 Å². The van der Waals surface area contributed by atoms with Gasteiger partial charge in [-0.25, -0.2) is 9.59 Å². The lowest BCUT2D eigenvalue weighted by molar-refractivity contribution is -0.143. The summed E-state index contributed by atoms with van der Waals surface area (Å²) in [6, 6.07) is -1.01. The first-order valence-electron chi connectivity index (χ1n) is 4.57. The van der Waals surface area contributed by atoms with Crippen LogP contribution in [0.2, 0.25) is 0 Å². The second-order valence-electron chi connectivity index (χ2n) is 4.00. The number of esters is 1. The summed E-state index contributed by atoms with van der Waals surface area (Å²) in [5.41, 5.74) is 4.57. The standard InChI is InChI=1S/C9H17NO5/c1-9(2,3)15-8(13)14-7(12)6(10)4-5-11/h6,11H,4-5,10H2,1-3H3/t6-/m0/s1. The van der Waals surface area contributed by atoms with Gasteiger partial charge in [0.25, 0.3) is 0 Å². The first-order chi connectivity index (χ1) is 6.76. The number of hydrogen-bond acceptors (Lipinski definition) is 6. The largest absolute Gasteiger partial charge is 0.516 e. The first-order valence-corrected chi connectivity index (χ1v) is 4.57. The van der Waals surface area contributed by atoms with Gasteiger partial charge in [0.1, 0.15) is 11.6 Å². The molecule has 6 nitrogen and oxygen atoms in total. The summed E-state index contributed by atoms with van der Waals surface area (Å²) in [6.07, 6.45) is -1.04. The van der Waals surface area contributed by atoms with Gasteiger partial charge in [0.2, 0.25) is 0 Å². The molecular weight excluding hydrogens is 202 g/mol. The van der Waals surface area contributed by atoms with Crippen molar-refractivity contribution in [3.8, 4) is 0 Å². The number of nitrogens with two attached hydrogens (primary N) is 1. The highest BCUT2D eigenvalue weighted by Crippen LogP contribution is 2.08. The van der Waals surface area contributed by atoms with Gasteiger partial charge >= 0.3 is 12.1 Å². The number of rotatable bonds is 3. The molecule has 0 aliphatic heterocycles. The second-order valence-corrected chi connectivity index (χ2v) is 4.00. The minimum atomic E-state index is -1.08. The lowest BCUT2D eigenvalue weighted by Crippen LogP contribution is -2.36. The molecule has 0 bridgehead atoms. The molecule has 0 unspecified atom stereocenters. The monoisotopic (exact) mass is 219 g/mol. The van der Waals surface area contributed by atoms with Crippen LogP contribution < -0.4 is 5.73 Å². The third-order valence-corrected chi connectivity index (χ3v) is 1.32. The summed E-state index contributed by atoms with van der Waals surface area (Å²) in [6.45, 7) is 4.69. The van der Waals surface area contributed by atoms with E-state index >= 15 is 0 Å². The third kappa shape index (κ3) is 6.87. The molecular formula is C9H17NO5. The van der Waals surface area contributed by atoms with Gasteiger partial charge in [0, 0.05) is 6.61 Å². The van der Waals surface area contributed by atoms with E-state index in [4.69, 9.17) is 15.6 Å². The Labute approximate surface area is 88.3 Å². The Morgan fingerprint density at radius 1 is 1.40 bits per heavy atom. The lowest BCUT2D eigenvalue weighted by Gasteiger charge is -2.18. The Morgan fingerprint density at radius 3 is 2.33 bits per heavy atom. The molecule has 0 radical (unpaired) electrons. The van der Waals surface area contributed by atoms with Crippen molar-refractivity contribution in [2.24, 2.45) is 5.73 Å². The fourth-order valence-electron chi connectivity index (χ4n) is 0.686. The third-order valence-electron chi connectivity index (χ3n) is 1.32. The zero-order valence-electron chi connectivity index (χ0n) is 9.15. The van der Waals surface area contributed by atoms with Gasteiger partial charge in [-0.3, -0.25) is 0 Å². The van der Waals surface area contributed by atoms with Gasteiger partial charge in [-0.05, 0) is 27.2 Å². The van der Waals surface area contributed by atoms with Gasteiger partial charge < -0.3 is 20.3 Å². The zero-order chi connectivity index (χ0) is 12.1. The molecule has 0 aromatic carbocycles. The van der Waals surface area contributed by atoms with Crippen molar-refractivity contribution in [2.75, 3.05) is 6.61 Å². The molecule has 3 N–H and O–H groups in total. The van der Waals surface area contributed by atoms with E-state index in [0.717, 1.165) is 0 Å². The van der Waals surface area contributed by atoms with Crippen molar-refractivity contribution in [3.63, 3.8) is 0 Å². The lowest BCUT2D eigenvalue weighted by atomic mass is 10.2. The van der Waals surface area contributed by atoms with Gasteiger partial charge in [-0.1, -0.05) is 0 Å². The highest BCUT2D eigenvalue weighted by atomic mass is 16.7. The number of ether oxygens (including phenoxy) is 2. The molecule has 88 valence electrons. The maximum absolute atomic E-state index is 11.1. The molecule has 0 saturated carbocycles. The van der Waals surface area contributed by atoms with Crippen molar-refractivity contribution in [1.29, 1.82) is 0 Å². The Balaban J connectivity index is 4.02. The molecule has 15 heavy (non-hydrogen) atoms. The van der Waals surface area contributed by atoms with Crippen LogP contribution in [0.1, 0.15) is 27.2 Å². The number of carbonyl (C=O) groups is 2. The summed E-state index contributed by atoms with van der Waals surface area (Å²) in [5.74, 6) is -0.904. The van der Waals surface area contributed by atoms with Crippen LogP contribution in [0.25, 0.3) is 0 Å². The number of aliphatic hydroxyl groups excluding tert-OH is 1. The SMILES string of the molecule is CC(C)(C)OC(=O)OC(=O)[C@@H](N)CCO. The van der Waals surface area contributed by atoms with Gasteiger partial charge in [0.05, 0.1) is 0 Å². The zero-order valence-corrected chi connectivity index (χ0v) is 9.15. The fraction of sp³-hybridized carbons (Fsp3) is 0.778. The van der Waals surface area contributed by atoms with Crippen LogP contribution in [0, 0.1) is 0 Å². The summed E-state index contributed by atoms with van der Waals surface area (Å²) >= 11 is 0. The van der Waals surface area contributed by atoms with E-state index in [1.54, 1.807) is 20.8 Å². The highest BCUT2D eigenvalue weighted by molar-refractivity contribution is 5.85. The average Bonchev–Trinajstić information content (AvgIpc) is 2.00. The molecule has 0 aromatic rings. The van der Waals surface area contributed by atoms with E-state index in [-0.39, 0.29) is 13.0 Å². The van der Waals surface area contributed by atoms with E-state index in [1.165, 1.54) is 0 Å². The molecule has 6 heteroatoms. The Kier molecular flexibility index (Phi) is 5.24. The minimum absolute atomic E-state index is 0.0433. The maximum Gasteiger partial charge on any atom is 0.516 e. The van der Waals surface area contributed by atoms with Crippen molar-refractivity contribution in [3.05, 3.63) is 0 Å². The fourth-order valence-corrected chi connectivity index (χ4v) is 0.686. The summed E-state index contributed by atoms with van der Waals surface area (Å²) in [7, 11) is 0. The molecule has 0 heterocycles. The maximum atomic E-state index is 11.1. The van der Waals surface area contributed by atoms with Gasteiger partial charge in [-0.2, -0.15) is 0 Å². The number of hydrogen-bond donors (Lipinski definition) is 2. The average molecular weight is 219 g/mol. The Morgan fingerprint density at radius 2 is 1.93 bits per heavy atom. The van der Waals surface area contributed by atoms with Crippen LogP contribution in [0.4, 0.5) is 4.79 Å². The van der Waals surface area contributed by atoms with E-state index < -0.39 is 23.8 Å². The van der Waals surface area contributed by atoms with Crippen LogP contribution in [-0.2, 0) is 14.3 Å². The molecule has 0 saturated heterocycles. The van der Waals surface area contributed by atoms with Crippen LogP contribution in [0.15, 0.2) is 0 Å². The normalized spacial score (nSPS) is 13.1. The van der Waals surface area contributed by atoms with E-state index in [2.05, 4.69) is 4.74 Å². The smallest absolute Gasteiger partial charge is 0.428 e. The summed E-state index contributed by atoms with van der Waals surface area (Å²) in [5, 5.41) is 8.50. The number of aliphatic hydroxyl groups is 1. The van der Waals surface area contributed by atoms with Crippen molar-refractivity contribution in [2.45, 2.75) is 38.8 Å². The summed E-state index contributed by atoms with van der Waals surface area (Å²) in [4.78, 5) is 22.1. The van der Waals surface area contributed by atoms with Crippen LogP contribution >= 0.6 is 0 Å². The van der Waals surface area contributed by atoms with Crippen molar-refractivity contribution in [1.82, 2.24) is 0 Å². The van der Waals surface area contributed by atoms with Crippen LogP contribution in [0.3, 0.4) is 0 Å². The molecule has 0 fully saturated rings. The molecule has 0 aliphatic rings. The van der Waals surface area contributed by atoms with Gasteiger partial charge in [0.15, 0.2) is 0 Å². The van der Waals surface area contributed by atoms with Crippen molar-refractivity contribution < 1.29 is 24.2 Å². The molecule has 1 atom stereocenters.